The van der Waals surface area contributed by atoms with Crippen molar-refractivity contribution in [1.29, 1.82) is 0 Å². The van der Waals surface area contributed by atoms with Crippen molar-refractivity contribution in [3.05, 3.63) is 0 Å². The van der Waals surface area contributed by atoms with Crippen LogP contribution < -0.4 is 0 Å². The van der Waals surface area contributed by atoms with Crippen LogP contribution in [0.5, 0.6) is 0 Å². The standard InChI is InChI=1S/C10H19O5PS2/c1-8(11)17-6-14-16(13,10(3,4)5)15-7-18-9(2)12/h6-7H2,1-5H3. The fraction of sp³-hybridized carbons (Fsp3) is 0.800. The van der Waals surface area contributed by atoms with Gasteiger partial charge in [0.05, 0.1) is 5.16 Å². The van der Waals surface area contributed by atoms with Crippen LogP contribution in [0.3, 0.4) is 0 Å². The summed E-state index contributed by atoms with van der Waals surface area (Å²) in [4.78, 5) is 21.6. The molecular formula is C10H19O5PS2. The Kier molecular flexibility index (Phi) is 7.78. The lowest BCUT2D eigenvalue weighted by atomic mass is 10.3. The van der Waals surface area contributed by atoms with E-state index < -0.39 is 12.8 Å². The molecule has 0 spiro atoms. The number of thioether (sulfide) groups is 2. The molecule has 106 valence electrons. The van der Waals surface area contributed by atoms with E-state index >= 15 is 0 Å². The summed E-state index contributed by atoms with van der Waals surface area (Å²) in [5, 5.41) is -0.941. The van der Waals surface area contributed by atoms with Crippen LogP contribution >= 0.6 is 31.1 Å². The Labute approximate surface area is 116 Å². The zero-order chi connectivity index (χ0) is 14.4. The van der Waals surface area contributed by atoms with Gasteiger partial charge in [0.1, 0.15) is 11.9 Å². The van der Waals surface area contributed by atoms with Crippen LogP contribution in [0.15, 0.2) is 0 Å². The summed E-state index contributed by atoms with van der Waals surface area (Å²) in [6.45, 7) is 7.99. The molecule has 0 saturated heterocycles. The minimum atomic E-state index is -3.36. The predicted molar refractivity (Wildman–Crippen MR) is 75.8 cm³/mol. The van der Waals surface area contributed by atoms with Gasteiger partial charge in [-0.05, 0) is 20.8 Å². The minimum Gasteiger partial charge on any atom is -0.297 e. The van der Waals surface area contributed by atoms with E-state index in [1.54, 1.807) is 20.8 Å². The molecule has 5 nitrogen and oxygen atoms in total. The summed E-state index contributed by atoms with van der Waals surface area (Å²) in [6, 6.07) is 0. The van der Waals surface area contributed by atoms with Gasteiger partial charge in [-0.3, -0.25) is 23.2 Å². The molecule has 0 saturated carbocycles. The average molecular weight is 314 g/mol. The van der Waals surface area contributed by atoms with Crippen molar-refractivity contribution in [1.82, 2.24) is 0 Å². The highest BCUT2D eigenvalue weighted by Gasteiger charge is 2.40. The molecule has 0 bridgehead atoms. The quantitative estimate of drug-likeness (QED) is 0.549. The number of carbonyl (C=O) groups excluding carboxylic acids is 2. The van der Waals surface area contributed by atoms with Gasteiger partial charge in [0.15, 0.2) is 10.2 Å². The molecule has 0 amide bonds. The van der Waals surface area contributed by atoms with Crippen LogP contribution in [-0.4, -0.2) is 27.3 Å². The topological polar surface area (TPSA) is 69.7 Å². The van der Waals surface area contributed by atoms with Crippen molar-refractivity contribution >= 4 is 41.4 Å². The molecule has 0 unspecified atom stereocenters. The summed E-state index contributed by atoms with van der Waals surface area (Å²) in [7, 11) is -3.36. The van der Waals surface area contributed by atoms with Crippen molar-refractivity contribution in [3.63, 3.8) is 0 Å². The van der Waals surface area contributed by atoms with Crippen molar-refractivity contribution < 1.29 is 23.2 Å². The Morgan fingerprint density at radius 3 is 1.56 bits per heavy atom. The number of hydrogen-bond acceptors (Lipinski definition) is 7. The fourth-order valence-electron chi connectivity index (χ4n) is 0.782. The van der Waals surface area contributed by atoms with E-state index in [0.29, 0.717) is 0 Å². The van der Waals surface area contributed by atoms with E-state index in [9.17, 15) is 14.2 Å². The van der Waals surface area contributed by atoms with Gasteiger partial charge >= 0.3 is 7.60 Å². The van der Waals surface area contributed by atoms with Gasteiger partial charge in [-0.25, -0.2) is 0 Å². The third kappa shape index (κ3) is 6.95. The van der Waals surface area contributed by atoms with Crippen molar-refractivity contribution in [2.75, 3.05) is 11.9 Å². The molecule has 18 heavy (non-hydrogen) atoms. The monoisotopic (exact) mass is 314 g/mol. The molecule has 0 aromatic heterocycles. The maximum Gasteiger partial charge on any atom is 0.337 e. The molecule has 0 aromatic rings. The molecule has 0 aliphatic heterocycles. The van der Waals surface area contributed by atoms with Gasteiger partial charge in [0.25, 0.3) is 0 Å². The summed E-state index contributed by atoms with van der Waals surface area (Å²) in [5.74, 6) is -0.0385. The van der Waals surface area contributed by atoms with Crippen LogP contribution in [0, 0.1) is 0 Å². The predicted octanol–water partition coefficient (Wildman–Crippen LogP) is 3.49. The minimum absolute atomic E-state index is 0.0192. The first-order chi connectivity index (χ1) is 8.08. The highest BCUT2D eigenvalue weighted by atomic mass is 32.2. The first kappa shape index (κ1) is 18.2. The third-order valence-electron chi connectivity index (χ3n) is 1.79. The van der Waals surface area contributed by atoms with Crippen LogP contribution in [0.4, 0.5) is 0 Å². The highest BCUT2D eigenvalue weighted by Crippen LogP contribution is 2.60. The lowest BCUT2D eigenvalue weighted by molar-refractivity contribution is -0.110. The first-order valence-corrected chi connectivity index (χ1v) is 8.76. The molecule has 0 heterocycles. The van der Waals surface area contributed by atoms with Gasteiger partial charge in [-0.1, -0.05) is 23.5 Å². The van der Waals surface area contributed by atoms with Gasteiger partial charge < -0.3 is 0 Å². The van der Waals surface area contributed by atoms with Crippen molar-refractivity contribution in [2.45, 2.75) is 39.8 Å². The maximum absolute atomic E-state index is 12.5. The average Bonchev–Trinajstić information content (AvgIpc) is 2.14. The van der Waals surface area contributed by atoms with Gasteiger partial charge in [-0.2, -0.15) is 0 Å². The lowest BCUT2D eigenvalue weighted by Crippen LogP contribution is -2.19. The van der Waals surface area contributed by atoms with E-state index in [1.807, 2.05) is 0 Å². The van der Waals surface area contributed by atoms with Gasteiger partial charge in [0.2, 0.25) is 0 Å². The normalized spacial score (nSPS) is 12.5. The van der Waals surface area contributed by atoms with Crippen molar-refractivity contribution in [2.24, 2.45) is 0 Å². The smallest absolute Gasteiger partial charge is 0.297 e. The third-order valence-corrected chi connectivity index (χ3v) is 6.01. The zero-order valence-electron chi connectivity index (χ0n) is 11.2. The number of carbonyl (C=O) groups is 2. The Balaban J connectivity index is 4.49. The highest BCUT2D eigenvalue weighted by molar-refractivity contribution is 8.13. The van der Waals surface area contributed by atoms with Gasteiger partial charge in [-0.15, -0.1) is 0 Å². The molecule has 0 aromatic carbocycles. The number of hydrogen-bond donors (Lipinski definition) is 0. The molecule has 0 aliphatic carbocycles. The van der Waals surface area contributed by atoms with E-state index in [2.05, 4.69) is 0 Å². The van der Waals surface area contributed by atoms with Gasteiger partial charge in [0, 0.05) is 13.8 Å². The van der Waals surface area contributed by atoms with Crippen LogP contribution in [0.2, 0.25) is 0 Å². The molecular weight excluding hydrogens is 295 g/mol. The SMILES string of the molecule is CC(=O)SCOP(=O)(OCSC(C)=O)C(C)(C)C. The Bertz CT molecular complexity index is 327. The molecule has 0 N–H and O–H groups in total. The van der Waals surface area contributed by atoms with E-state index in [4.69, 9.17) is 9.05 Å². The molecule has 0 aliphatic rings. The molecule has 0 atom stereocenters. The van der Waals surface area contributed by atoms with Crippen LogP contribution in [0.1, 0.15) is 34.6 Å². The summed E-state index contributed by atoms with van der Waals surface area (Å²) >= 11 is 1.85. The molecule has 0 fully saturated rings. The molecule has 0 rings (SSSR count). The summed E-state index contributed by atoms with van der Waals surface area (Å²) in [6.07, 6.45) is 0. The largest absolute Gasteiger partial charge is 0.337 e. The second-order valence-corrected chi connectivity index (χ2v) is 9.49. The lowest BCUT2D eigenvalue weighted by Gasteiger charge is -2.29. The Morgan fingerprint density at radius 2 is 1.33 bits per heavy atom. The van der Waals surface area contributed by atoms with Crippen LogP contribution in [0.25, 0.3) is 0 Å². The van der Waals surface area contributed by atoms with E-state index in [0.717, 1.165) is 23.5 Å². The number of rotatable bonds is 6. The Hall–Kier alpha value is 0.190. The first-order valence-electron chi connectivity index (χ1n) is 5.24. The molecule has 0 radical (unpaired) electrons. The van der Waals surface area contributed by atoms with Crippen LogP contribution in [-0.2, 0) is 23.2 Å². The maximum atomic E-state index is 12.5. The second kappa shape index (κ2) is 7.70. The fourth-order valence-corrected chi connectivity index (χ4v) is 3.49. The Morgan fingerprint density at radius 1 is 1.00 bits per heavy atom. The van der Waals surface area contributed by atoms with E-state index in [-0.39, 0.29) is 22.1 Å². The summed E-state index contributed by atoms with van der Waals surface area (Å²) < 4.78 is 23.0. The molecule has 8 heteroatoms. The van der Waals surface area contributed by atoms with Crippen molar-refractivity contribution in [3.8, 4) is 0 Å². The summed E-state index contributed by atoms with van der Waals surface area (Å²) in [5.41, 5.74) is 0. The zero-order valence-corrected chi connectivity index (χ0v) is 13.7. The van der Waals surface area contributed by atoms with E-state index in [1.165, 1.54) is 13.8 Å². The second-order valence-electron chi connectivity index (χ2n) is 4.43.